The number of nitrogens with zero attached hydrogens (tertiary/aromatic N) is 2. The molecule has 1 aliphatic rings. The lowest BCUT2D eigenvalue weighted by Gasteiger charge is -2.36. The van der Waals surface area contributed by atoms with E-state index in [4.69, 9.17) is 4.74 Å². The maximum atomic E-state index is 12.6. The summed E-state index contributed by atoms with van der Waals surface area (Å²) in [5, 5.41) is 0. The number of thioether (sulfide) groups is 1. The lowest BCUT2D eigenvalue weighted by Crippen LogP contribution is -2.49. The predicted molar refractivity (Wildman–Crippen MR) is 118 cm³/mol. The Morgan fingerprint density at radius 3 is 2.25 bits per heavy atom. The summed E-state index contributed by atoms with van der Waals surface area (Å²) in [5.41, 5.74) is 2.57. The van der Waals surface area contributed by atoms with E-state index in [1.165, 1.54) is 5.56 Å². The number of benzene rings is 2. The van der Waals surface area contributed by atoms with Crippen LogP contribution in [0.1, 0.15) is 26.3 Å². The highest BCUT2D eigenvalue weighted by Gasteiger charge is 2.23. The molecule has 1 fully saturated rings. The lowest BCUT2D eigenvalue weighted by atomic mass is 9.87. The van der Waals surface area contributed by atoms with E-state index in [0.29, 0.717) is 5.75 Å². The van der Waals surface area contributed by atoms with Gasteiger partial charge in [0.25, 0.3) is 0 Å². The van der Waals surface area contributed by atoms with Gasteiger partial charge in [-0.1, -0.05) is 45.0 Å². The van der Waals surface area contributed by atoms with E-state index in [0.717, 1.165) is 42.5 Å². The number of amides is 1. The second-order valence-corrected chi connectivity index (χ2v) is 9.15. The number of para-hydroxylation sites is 2. The average Bonchev–Trinajstić information content (AvgIpc) is 2.71. The average molecular weight is 399 g/mol. The van der Waals surface area contributed by atoms with Crippen LogP contribution in [0, 0.1) is 0 Å². The van der Waals surface area contributed by atoms with E-state index >= 15 is 0 Å². The van der Waals surface area contributed by atoms with Crippen LogP contribution in [0.5, 0.6) is 5.75 Å². The molecule has 0 aromatic heterocycles. The minimum Gasteiger partial charge on any atom is -0.495 e. The zero-order valence-corrected chi connectivity index (χ0v) is 18.1. The van der Waals surface area contributed by atoms with Gasteiger partial charge in [0.1, 0.15) is 5.75 Å². The zero-order valence-electron chi connectivity index (χ0n) is 17.3. The summed E-state index contributed by atoms with van der Waals surface area (Å²) < 4.78 is 5.46. The summed E-state index contributed by atoms with van der Waals surface area (Å²) in [6.45, 7) is 9.80. The van der Waals surface area contributed by atoms with Crippen LogP contribution in [-0.2, 0) is 10.2 Å². The third-order valence-electron chi connectivity index (χ3n) is 5.14. The maximum absolute atomic E-state index is 12.6. The second-order valence-electron chi connectivity index (χ2n) is 8.10. The minimum absolute atomic E-state index is 0.153. The van der Waals surface area contributed by atoms with Crippen LogP contribution in [0.25, 0.3) is 0 Å². The Morgan fingerprint density at radius 1 is 1.00 bits per heavy atom. The molecule has 0 bridgehead atoms. The van der Waals surface area contributed by atoms with Crippen LogP contribution in [0.4, 0.5) is 5.69 Å². The quantitative estimate of drug-likeness (QED) is 0.698. The monoisotopic (exact) mass is 398 g/mol. The first kappa shape index (κ1) is 20.6. The van der Waals surface area contributed by atoms with Gasteiger partial charge in [-0.2, -0.15) is 0 Å². The van der Waals surface area contributed by atoms with Gasteiger partial charge >= 0.3 is 0 Å². The molecule has 0 N–H and O–H groups in total. The van der Waals surface area contributed by atoms with E-state index in [2.05, 4.69) is 56.0 Å². The van der Waals surface area contributed by atoms with Crippen LogP contribution in [-0.4, -0.2) is 49.8 Å². The van der Waals surface area contributed by atoms with Crippen molar-refractivity contribution in [3.05, 3.63) is 54.1 Å². The fourth-order valence-corrected chi connectivity index (χ4v) is 4.18. The molecule has 4 nitrogen and oxygen atoms in total. The fraction of sp³-hybridized carbons (Fsp3) is 0.435. The Morgan fingerprint density at radius 2 is 1.64 bits per heavy atom. The number of carbonyl (C=O) groups excluding carboxylic acids is 1. The van der Waals surface area contributed by atoms with E-state index in [9.17, 15) is 4.79 Å². The van der Waals surface area contributed by atoms with Crippen molar-refractivity contribution in [1.82, 2.24) is 4.90 Å². The first-order valence-electron chi connectivity index (χ1n) is 9.77. The number of hydrogen-bond acceptors (Lipinski definition) is 4. The third kappa shape index (κ3) is 5.02. The summed E-state index contributed by atoms with van der Waals surface area (Å²) >= 11 is 1.62. The number of hydrogen-bond donors (Lipinski definition) is 0. The molecule has 2 aromatic rings. The summed E-state index contributed by atoms with van der Waals surface area (Å²) in [5.74, 6) is 1.59. The van der Waals surface area contributed by atoms with E-state index in [1.54, 1.807) is 18.9 Å². The van der Waals surface area contributed by atoms with Crippen molar-refractivity contribution in [3.8, 4) is 5.75 Å². The topological polar surface area (TPSA) is 32.8 Å². The van der Waals surface area contributed by atoms with Crippen LogP contribution in [0.15, 0.2) is 53.4 Å². The van der Waals surface area contributed by atoms with E-state index in [-0.39, 0.29) is 11.3 Å². The number of piperazine rings is 1. The molecule has 1 amide bonds. The normalized spacial score (nSPS) is 14.9. The highest BCUT2D eigenvalue weighted by atomic mass is 32.2. The van der Waals surface area contributed by atoms with Crippen molar-refractivity contribution in [2.75, 3.05) is 43.9 Å². The van der Waals surface area contributed by atoms with Gasteiger partial charge in [-0.15, -0.1) is 11.8 Å². The molecule has 28 heavy (non-hydrogen) atoms. The van der Waals surface area contributed by atoms with E-state index < -0.39 is 0 Å². The van der Waals surface area contributed by atoms with Crippen LogP contribution in [0.3, 0.4) is 0 Å². The molecule has 5 heteroatoms. The maximum Gasteiger partial charge on any atom is 0.233 e. The summed E-state index contributed by atoms with van der Waals surface area (Å²) in [7, 11) is 1.70. The number of rotatable bonds is 5. The molecule has 0 saturated carbocycles. The molecule has 0 atom stereocenters. The zero-order chi connectivity index (χ0) is 20.1. The Labute approximate surface area is 172 Å². The minimum atomic E-state index is 0.153. The first-order valence-corrected chi connectivity index (χ1v) is 10.8. The number of methoxy groups -OCH3 is 1. The molecular weight excluding hydrogens is 368 g/mol. The lowest BCUT2D eigenvalue weighted by molar-refractivity contribution is -0.128. The Bertz CT molecular complexity index is 791. The Hall–Kier alpha value is -2.14. The molecule has 2 aromatic carbocycles. The number of anilines is 1. The smallest absolute Gasteiger partial charge is 0.233 e. The summed E-state index contributed by atoms with van der Waals surface area (Å²) in [6.07, 6.45) is 0. The van der Waals surface area contributed by atoms with Crippen LogP contribution < -0.4 is 9.64 Å². The number of ether oxygens (including phenoxy) is 1. The molecule has 150 valence electrons. The van der Waals surface area contributed by atoms with Gasteiger partial charge in [0, 0.05) is 31.1 Å². The molecule has 1 saturated heterocycles. The van der Waals surface area contributed by atoms with Gasteiger partial charge in [-0.05, 0) is 35.2 Å². The SMILES string of the molecule is COc1ccccc1N1CCN(C(=O)CSc2ccc(C(C)(C)C)cc2)CC1. The molecule has 1 heterocycles. The third-order valence-corrected chi connectivity index (χ3v) is 6.14. The van der Waals surface area contributed by atoms with Gasteiger partial charge < -0.3 is 14.5 Å². The standard InChI is InChI=1S/C23H30N2O2S/c1-23(2,3)18-9-11-19(12-10-18)28-17-22(26)25-15-13-24(14-16-25)20-7-5-6-8-21(20)27-4/h5-12H,13-17H2,1-4H3. The summed E-state index contributed by atoms with van der Waals surface area (Å²) in [6, 6.07) is 16.6. The van der Waals surface area contributed by atoms with Gasteiger partial charge in [-0.25, -0.2) is 0 Å². The van der Waals surface area contributed by atoms with Crippen molar-refractivity contribution in [3.63, 3.8) is 0 Å². The molecule has 0 unspecified atom stereocenters. The number of carbonyl (C=O) groups is 1. The second kappa shape index (κ2) is 8.91. The van der Waals surface area contributed by atoms with Gasteiger partial charge in [0.05, 0.1) is 18.6 Å². The van der Waals surface area contributed by atoms with Crippen molar-refractivity contribution < 1.29 is 9.53 Å². The predicted octanol–water partition coefficient (Wildman–Crippen LogP) is 4.43. The highest BCUT2D eigenvalue weighted by Crippen LogP contribution is 2.29. The molecule has 1 aliphatic heterocycles. The van der Waals surface area contributed by atoms with Crippen molar-refractivity contribution >= 4 is 23.4 Å². The molecule has 0 radical (unpaired) electrons. The molecular formula is C23H30N2O2S. The Balaban J connectivity index is 1.50. The Kier molecular flexibility index (Phi) is 6.55. The van der Waals surface area contributed by atoms with Crippen molar-refractivity contribution in [1.29, 1.82) is 0 Å². The van der Waals surface area contributed by atoms with Crippen LogP contribution in [0.2, 0.25) is 0 Å². The molecule has 0 spiro atoms. The van der Waals surface area contributed by atoms with Crippen molar-refractivity contribution in [2.45, 2.75) is 31.1 Å². The van der Waals surface area contributed by atoms with Gasteiger partial charge in [-0.3, -0.25) is 4.79 Å². The van der Waals surface area contributed by atoms with E-state index in [1.807, 2.05) is 23.1 Å². The largest absolute Gasteiger partial charge is 0.495 e. The van der Waals surface area contributed by atoms with Crippen molar-refractivity contribution in [2.24, 2.45) is 0 Å². The molecule has 3 rings (SSSR count). The first-order chi connectivity index (χ1) is 13.4. The summed E-state index contributed by atoms with van der Waals surface area (Å²) in [4.78, 5) is 18.0. The van der Waals surface area contributed by atoms with Gasteiger partial charge in [0.15, 0.2) is 0 Å². The van der Waals surface area contributed by atoms with Gasteiger partial charge in [0.2, 0.25) is 5.91 Å². The fourth-order valence-electron chi connectivity index (χ4n) is 3.38. The molecule has 0 aliphatic carbocycles. The van der Waals surface area contributed by atoms with Crippen LogP contribution >= 0.6 is 11.8 Å². The highest BCUT2D eigenvalue weighted by molar-refractivity contribution is 8.00.